The number of likely N-dealkylation sites (tertiary alicyclic amines) is 1. The van der Waals surface area contributed by atoms with Crippen molar-refractivity contribution in [1.29, 1.82) is 0 Å². The standard InChI is InChI=1S/C34H37FN6O3/c1-34(2)14-21-11-29-32(43)41(10-9-40(29)30(21)15-34)28-13-23(35)12-25(26(28)19-42)27-18-39(4)33(44)31(37-27)36-24-7-5-20(6-8-24)22-16-38(3)17-22/h5-8,11-13,18,22,42H,9-10,14-17,19H2,1-4H3,(H,36,37). The molecule has 4 heterocycles. The molecule has 0 unspecified atom stereocenters. The smallest absolute Gasteiger partial charge is 0.293 e. The van der Waals surface area contributed by atoms with Gasteiger partial charge in [0, 0.05) is 67.8 Å². The van der Waals surface area contributed by atoms with E-state index >= 15 is 4.39 Å². The van der Waals surface area contributed by atoms with E-state index in [4.69, 9.17) is 0 Å². The van der Waals surface area contributed by atoms with Gasteiger partial charge in [0.25, 0.3) is 11.5 Å². The van der Waals surface area contributed by atoms with Crippen molar-refractivity contribution in [2.24, 2.45) is 12.5 Å². The molecule has 10 heteroatoms. The fourth-order valence-electron chi connectivity index (χ4n) is 7.10. The maximum absolute atomic E-state index is 15.3. The minimum Gasteiger partial charge on any atom is -0.392 e. The number of likely N-dealkylation sites (N-methyl/N-ethyl adjacent to an activating group) is 1. The van der Waals surface area contributed by atoms with E-state index in [1.165, 1.54) is 39.7 Å². The molecule has 1 saturated heterocycles. The summed E-state index contributed by atoms with van der Waals surface area (Å²) in [4.78, 5) is 35.3. The molecule has 4 aromatic rings. The Hall–Kier alpha value is -4.28. The number of amides is 1. The van der Waals surface area contributed by atoms with Crippen LogP contribution in [0.1, 0.15) is 52.6 Å². The molecule has 0 saturated carbocycles. The molecule has 2 N–H and O–H groups in total. The third-order valence-electron chi connectivity index (χ3n) is 9.32. The molecule has 3 aliphatic rings. The number of benzene rings is 2. The van der Waals surface area contributed by atoms with Gasteiger partial charge in [-0.15, -0.1) is 0 Å². The summed E-state index contributed by atoms with van der Waals surface area (Å²) in [7, 11) is 3.70. The van der Waals surface area contributed by atoms with Crippen LogP contribution in [0.4, 0.5) is 21.6 Å². The van der Waals surface area contributed by atoms with Crippen LogP contribution in [0.25, 0.3) is 11.3 Å². The van der Waals surface area contributed by atoms with Gasteiger partial charge >= 0.3 is 0 Å². The number of fused-ring (bicyclic) bond motifs is 3. The first-order valence-corrected chi connectivity index (χ1v) is 15.1. The monoisotopic (exact) mass is 596 g/mol. The van der Waals surface area contributed by atoms with Crippen molar-refractivity contribution in [3.05, 3.63) is 92.9 Å². The van der Waals surface area contributed by atoms with Crippen LogP contribution in [0.15, 0.2) is 53.5 Å². The Bertz CT molecular complexity index is 1850. The number of hydrogen-bond acceptors (Lipinski definition) is 6. The van der Waals surface area contributed by atoms with E-state index in [1.54, 1.807) is 11.9 Å². The van der Waals surface area contributed by atoms with Crippen molar-refractivity contribution in [3.63, 3.8) is 0 Å². The number of aryl methyl sites for hydroxylation is 1. The van der Waals surface area contributed by atoms with Gasteiger partial charge in [-0.2, -0.15) is 0 Å². The lowest BCUT2D eigenvalue weighted by Crippen LogP contribution is -2.41. The molecule has 0 bridgehead atoms. The van der Waals surface area contributed by atoms with E-state index in [1.807, 2.05) is 18.2 Å². The Kier molecular flexibility index (Phi) is 6.75. The van der Waals surface area contributed by atoms with Gasteiger partial charge in [0.2, 0.25) is 0 Å². The minimum absolute atomic E-state index is 0.0835. The average Bonchev–Trinajstić information content (AvgIpc) is 3.46. The lowest BCUT2D eigenvalue weighted by molar-refractivity contribution is 0.0963. The van der Waals surface area contributed by atoms with Crippen molar-refractivity contribution >= 4 is 23.1 Å². The summed E-state index contributed by atoms with van der Waals surface area (Å²) in [5.74, 6) is -0.193. The molecular formula is C34H37FN6O3. The summed E-state index contributed by atoms with van der Waals surface area (Å²) >= 11 is 0. The first kappa shape index (κ1) is 28.5. The molecule has 228 valence electrons. The molecule has 2 aromatic carbocycles. The number of rotatable bonds is 6. The van der Waals surface area contributed by atoms with Crippen LogP contribution in [0.2, 0.25) is 0 Å². The average molecular weight is 597 g/mol. The second-order valence-corrected chi connectivity index (χ2v) is 13.3. The summed E-state index contributed by atoms with van der Waals surface area (Å²) in [6.45, 7) is 7.02. The number of anilines is 3. The molecule has 7 rings (SSSR count). The Labute approximate surface area is 255 Å². The normalized spacial score (nSPS) is 17.9. The predicted octanol–water partition coefficient (Wildman–Crippen LogP) is 4.44. The zero-order chi connectivity index (χ0) is 30.9. The summed E-state index contributed by atoms with van der Waals surface area (Å²) in [6.07, 6.45) is 3.36. The van der Waals surface area contributed by atoms with Crippen LogP contribution in [0.3, 0.4) is 0 Å². The van der Waals surface area contributed by atoms with E-state index in [-0.39, 0.29) is 22.7 Å². The van der Waals surface area contributed by atoms with Gasteiger partial charge in [-0.1, -0.05) is 26.0 Å². The number of nitrogens with zero attached hydrogens (tertiary/aromatic N) is 5. The van der Waals surface area contributed by atoms with Gasteiger partial charge in [-0.05, 0) is 66.8 Å². The van der Waals surface area contributed by atoms with Crippen LogP contribution >= 0.6 is 0 Å². The highest BCUT2D eigenvalue weighted by molar-refractivity contribution is 6.07. The van der Waals surface area contributed by atoms with Crippen molar-refractivity contribution < 1.29 is 14.3 Å². The molecular weight excluding hydrogens is 559 g/mol. The quantitative estimate of drug-likeness (QED) is 0.342. The number of carbonyl (C=O) groups is 1. The zero-order valence-corrected chi connectivity index (χ0v) is 25.5. The predicted molar refractivity (Wildman–Crippen MR) is 168 cm³/mol. The van der Waals surface area contributed by atoms with Gasteiger partial charge in [0.1, 0.15) is 11.5 Å². The number of aromatic nitrogens is 3. The SMILES string of the molecule is CN1CC(c2ccc(Nc3nc(-c4cc(F)cc(N5CCn6c(cc7c6CC(C)(C)C7)C5=O)c4CO)cn(C)c3=O)cc2)C1. The topological polar surface area (TPSA) is 95.6 Å². The van der Waals surface area contributed by atoms with E-state index < -0.39 is 12.4 Å². The highest BCUT2D eigenvalue weighted by atomic mass is 19.1. The Morgan fingerprint density at radius 3 is 2.50 bits per heavy atom. The van der Waals surface area contributed by atoms with Crippen LogP contribution in [-0.4, -0.2) is 56.7 Å². The van der Waals surface area contributed by atoms with E-state index in [2.05, 4.69) is 52.8 Å². The van der Waals surface area contributed by atoms with Gasteiger partial charge < -0.3 is 29.4 Å². The molecule has 9 nitrogen and oxygen atoms in total. The number of carbonyl (C=O) groups excluding carboxylic acids is 1. The molecule has 1 amide bonds. The molecule has 2 aromatic heterocycles. The number of halogens is 1. The summed E-state index contributed by atoms with van der Waals surface area (Å²) in [6, 6.07) is 12.5. The molecule has 0 spiro atoms. The third-order valence-corrected chi connectivity index (χ3v) is 9.32. The largest absolute Gasteiger partial charge is 0.392 e. The number of aliphatic hydroxyl groups is 1. The first-order valence-electron chi connectivity index (χ1n) is 15.1. The Balaban J connectivity index is 1.22. The molecule has 0 atom stereocenters. The van der Waals surface area contributed by atoms with Crippen molar-refractivity contribution in [1.82, 2.24) is 19.0 Å². The summed E-state index contributed by atoms with van der Waals surface area (Å²) in [5, 5.41) is 13.7. The number of nitrogens with one attached hydrogen (secondary N) is 1. The lowest BCUT2D eigenvalue weighted by Gasteiger charge is -2.36. The molecule has 44 heavy (non-hydrogen) atoms. The van der Waals surface area contributed by atoms with E-state index in [0.29, 0.717) is 52.9 Å². The van der Waals surface area contributed by atoms with Crippen molar-refractivity contribution in [3.8, 4) is 11.3 Å². The maximum atomic E-state index is 15.3. The fraction of sp³-hybridized carbons (Fsp3) is 0.382. The van der Waals surface area contributed by atoms with Gasteiger partial charge in [0.05, 0.1) is 18.0 Å². The van der Waals surface area contributed by atoms with E-state index in [0.717, 1.165) is 25.9 Å². The van der Waals surface area contributed by atoms with Crippen LogP contribution < -0.4 is 15.8 Å². The third kappa shape index (κ3) is 4.82. The molecule has 0 radical (unpaired) electrons. The van der Waals surface area contributed by atoms with Gasteiger partial charge in [-0.25, -0.2) is 9.37 Å². The fourth-order valence-corrected chi connectivity index (χ4v) is 7.10. The van der Waals surface area contributed by atoms with Crippen LogP contribution in [0, 0.1) is 11.2 Å². The maximum Gasteiger partial charge on any atom is 0.293 e. The van der Waals surface area contributed by atoms with E-state index in [9.17, 15) is 14.7 Å². The molecule has 1 aliphatic carbocycles. The second kappa shape index (κ2) is 10.4. The molecule has 1 fully saturated rings. The lowest BCUT2D eigenvalue weighted by atomic mass is 9.90. The first-order chi connectivity index (χ1) is 21.0. The van der Waals surface area contributed by atoms with Crippen molar-refractivity contribution in [2.45, 2.75) is 45.8 Å². The summed E-state index contributed by atoms with van der Waals surface area (Å²) < 4.78 is 18.8. The Morgan fingerprint density at radius 2 is 1.80 bits per heavy atom. The summed E-state index contributed by atoms with van der Waals surface area (Å²) in [5.41, 5.74) is 6.09. The zero-order valence-electron chi connectivity index (χ0n) is 25.5. The van der Waals surface area contributed by atoms with Crippen LogP contribution in [0.5, 0.6) is 0 Å². The number of aliphatic hydroxyl groups excluding tert-OH is 1. The second-order valence-electron chi connectivity index (χ2n) is 13.3. The van der Waals surface area contributed by atoms with Gasteiger partial charge in [0.15, 0.2) is 5.82 Å². The molecule has 2 aliphatic heterocycles. The highest BCUT2D eigenvalue weighted by Crippen LogP contribution is 2.40. The van der Waals surface area contributed by atoms with Crippen LogP contribution in [-0.2, 0) is 33.0 Å². The minimum atomic E-state index is -0.562. The van der Waals surface area contributed by atoms with Gasteiger partial charge in [-0.3, -0.25) is 9.59 Å². The highest BCUT2D eigenvalue weighted by Gasteiger charge is 2.37. The number of hydrogen-bond donors (Lipinski definition) is 2. The Morgan fingerprint density at radius 1 is 1.05 bits per heavy atom. The van der Waals surface area contributed by atoms with Crippen molar-refractivity contribution in [2.75, 3.05) is 36.9 Å².